The van der Waals surface area contributed by atoms with Crippen LogP contribution in [0.15, 0.2) is 115 Å². The van der Waals surface area contributed by atoms with Gasteiger partial charge in [-0.05, 0) is 59.9 Å². The van der Waals surface area contributed by atoms with Crippen molar-refractivity contribution in [2.75, 3.05) is 0 Å². The summed E-state index contributed by atoms with van der Waals surface area (Å²) < 4.78 is 2.42. The van der Waals surface area contributed by atoms with E-state index >= 15 is 0 Å². The summed E-state index contributed by atoms with van der Waals surface area (Å²) in [5.74, 6) is 0. The molecule has 0 bridgehead atoms. The molecule has 0 spiro atoms. The molecule has 0 saturated heterocycles. The second kappa shape index (κ2) is 8.35. The first-order valence-electron chi connectivity index (χ1n) is 11.4. The summed E-state index contributed by atoms with van der Waals surface area (Å²) >= 11 is 6.28. The third kappa shape index (κ3) is 3.55. The maximum Gasteiger partial charge on any atom is 0.223 e. The van der Waals surface area contributed by atoms with Gasteiger partial charge in [0, 0.05) is 34.3 Å². The van der Waals surface area contributed by atoms with Crippen molar-refractivity contribution >= 4 is 11.6 Å². The van der Waals surface area contributed by atoms with E-state index in [1.54, 1.807) is 0 Å². The van der Waals surface area contributed by atoms with Gasteiger partial charge in [-0.25, -0.2) is 0 Å². The Hall–Kier alpha value is -3.68. The van der Waals surface area contributed by atoms with Gasteiger partial charge < -0.3 is 0 Å². The zero-order valence-electron chi connectivity index (χ0n) is 18.2. The molecule has 33 heavy (non-hydrogen) atoms. The molecule has 0 amide bonds. The molecule has 4 aromatic carbocycles. The van der Waals surface area contributed by atoms with Gasteiger partial charge in [0.15, 0.2) is 0 Å². The maximum atomic E-state index is 6.28. The Morgan fingerprint density at radius 2 is 1.21 bits per heavy atom. The van der Waals surface area contributed by atoms with Gasteiger partial charge >= 0.3 is 0 Å². The van der Waals surface area contributed by atoms with E-state index in [0.29, 0.717) is 0 Å². The van der Waals surface area contributed by atoms with Crippen LogP contribution in [-0.4, -0.2) is 0 Å². The Balaban J connectivity index is 1.77. The van der Waals surface area contributed by atoms with Crippen LogP contribution in [0.1, 0.15) is 11.1 Å². The average Bonchev–Trinajstić information content (AvgIpc) is 2.89. The molecule has 0 aliphatic heterocycles. The van der Waals surface area contributed by atoms with Gasteiger partial charge in [-0.2, -0.15) is 4.57 Å². The van der Waals surface area contributed by atoms with Gasteiger partial charge in [-0.3, -0.25) is 0 Å². The quantitative estimate of drug-likeness (QED) is 0.251. The third-order valence-electron chi connectivity index (χ3n) is 6.51. The molecule has 158 valence electrons. The molecule has 0 N–H and O–H groups in total. The van der Waals surface area contributed by atoms with Gasteiger partial charge in [0.2, 0.25) is 17.1 Å². The van der Waals surface area contributed by atoms with Crippen molar-refractivity contribution in [3.05, 3.63) is 131 Å². The van der Waals surface area contributed by atoms with E-state index < -0.39 is 0 Å². The molecule has 1 aliphatic rings. The van der Waals surface area contributed by atoms with Gasteiger partial charge in [-0.15, -0.1) is 0 Å². The van der Waals surface area contributed by atoms with E-state index in [9.17, 15) is 0 Å². The van der Waals surface area contributed by atoms with Gasteiger partial charge in [0.05, 0.1) is 5.56 Å². The second-order valence-corrected chi connectivity index (χ2v) is 8.91. The lowest BCUT2D eigenvalue weighted by molar-refractivity contribution is -0.572. The zero-order valence-corrected chi connectivity index (χ0v) is 19.0. The van der Waals surface area contributed by atoms with E-state index in [2.05, 4.69) is 108 Å². The molecule has 6 rings (SSSR count). The van der Waals surface area contributed by atoms with E-state index in [4.69, 9.17) is 11.6 Å². The second-order valence-electron chi connectivity index (χ2n) is 8.47. The number of aromatic nitrogens is 1. The number of rotatable bonds is 3. The molecule has 1 aromatic heterocycles. The van der Waals surface area contributed by atoms with Crippen LogP contribution in [0.25, 0.3) is 39.3 Å². The van der Waals surface area contributed by atoms with E-state index in [-0.39, 0.29) is 0 Å². The molecular weight excluding hydrogens is 422 g/mol. The Kier molecular flexibility index (Phi) is 5.05. The molecule has 1 aliphatic carbocycles. The summed E-state index contributed by atoms with van der Waals surface area (Å²) in [4.78, 5) is 0. The minimum atomic E-state index is 0.746. The number of benzene rings is 4. The van der Waals surface area contributed by atoms with E-state index in [1.165, 1.54) is 44.8 Å². The van der Waals surface area contributed by atoms with Crippen molar-refractivity contribution in [2.24, 2.45) is 0 Å². The van der Waals surface area contributed by atoms with E-state index in [0.717, 1.165) is 23.6 Å². The minimum absolute atomic E-state index is 0.746. The number of hydrogen-bond donors (Lipinski definition) is 0. The lowest BCUT2D eigenvalue weighted by Crippen LogP contribution is -2.39. The van der Waals surface area contributed by atoms with Crippen LogP contribution >= 0.6 is 11.6 Å². The fraction of sp³-hybridized carbons (Fsp3) is 0.0645. The number of hydrogen-bond acceptors (Lipinski definition) is 0. The molecule has 0 atom stereocenters. The van der Waals surface area contributed by atoms with Crippen LogP contribution in [0.5, 0.6) is 0 Å². The largest absolute Gasteiger partial charge is 0.223 e. The molecule has 1 heterocycles. The van der Waals surface area contributed by atoms with Crippen LogP contribution < -0.4 is 4.57 Å². The highest BCUT2D eigenvalue weighted by Gasteiger charge is 2.33. The van der Waals surface area contributed by atoms with Crippen molar-refractivity contribution in [2.45, 2.75) is 12.8 Å². The summed E-state index contributed by atoms with van der Waals surface area (Å²) in [5, 5.41) is 0.746. The van der Waals surface area contributed by atoms with Crippen molar-refractivity contribution in [1.82, 2.24) is 0 Å². The minimum Gasteiger partial charge on any atom is -0.153 e. The maximum absolute atomic E-state index is 6.28. The number of halogens is 1. The molecule has 1 nitrogen and oxygen atoms in total. The summed E-state index contributed by atoms with van der Waals surface area (Å²) in [6.45, 7) is 0. The molecule has 0 fully saturated rings. The predicted octanol–water partition coefficient (Wildman–Crippen LogP) is 7.72. The molecular formula is C31H23ClN+. The summed E-state index contributed by atoms with van der Waals surface area (Å²) in [7, 11) is 0. The lowest BCUT2D eigenvalue weighted by atomic mass is 9.83. The number of aryl methyl sites for hydroxylation is 1. The van der Waals surface area contributed by atoms with Crippen molar-refractivity contribution in [3.8, 4) is 39.3 Å². The lowest BCUT2D eigenvalue weighted by Gasteiger charge is -2.22. The van der Waals surface area contributed by atoms with Crippen LogP contribution in [-0.2, 0) is 12.8 Å². The van der Waals surface area contributed by atoms with Gasteiger partial charge in [-0.1, -0.05) is 78.3 Å². The van der Waals surface area contributed by atoms with Gasteiger partial charge in [0.25, 0.3) is 0 Å². The third-order valence-corrected chi connectivity index (χ3v) is 6.76. The normalized spacial score (nSPS) is 12.2. The first-order chi connectivity index (χ1) is 16.3. The molecule has 2 heteroatoms. The molecule has 0 saturated carbocycles. The Labute approximate surface area is 199 Å². The highest BCUT2D eigenvalue weighted by atomic mass is 35.5. The molecule has 5 aromatic rings. The van der Waals surface area contributed by atoms with E-state index in [1.807, 2.05) is 12.1 Å². The Morgan fingerprint density at radius 3 is 1.94 bits per heavy atom. The monoisotopic (exact) mass is 444 g/mol. The first-order valence-corrected chi connectivity index (χ1v) is 11.7. The number of pyridine rings is 1. The Morgan fingerprint density at radius 1 is 0.576 bits per heavy atom. The van der Waals surface area contributed by atoms with Crippen molar-refractivity contribution in [3.63, 3.8) is 0 Å². The topological polar surface area (TPSA) is 3.88 Å². The van der Waals surface area contributed by atoms with Crippen LogP contribution in [0.2, 0.25) is 5.02 Å². The van der Waals surface area contributed by atoms with Crippen LogP contribution in [0, 0.1) is 0 Å². The highest BCUT2D eigenvalue weighted by Crippen LogP contribution is 2.39. The summed E-state index contributed by atoms with van der Waals surface area (Å²) in [5.41, 5.74) is 11.4. The van der Waals surface area contributed by atoms with Crippen molar-refractivity contribution < 1.29 is 4.57 Å². The first kappa shape index (κ1) is 20.0. The predicted molar refractivity (Wildman–Crippen MR) is 137 cm³/mol. The average molecular weight is 445 g/mol. The fourth-order valence-corrected chi connectivity index (χ4v) is 5.12. The van der Waals surface area contributed by atoms with Crippen molar-refractivity contribution in [1.29, 1.82) is 0 Å². The fourth-order valence-electron chi connectivity index (χ4n) is 4.99. The number of fused-ring (bicyclic) bond motifs is 3. The van der Waals surface area contributed by atoms with Gasteiger partial charge in [0.1, 0.15) is 0 Å². The SMILES string of the molecule is Clc1ccc(-[n+]2c(-c3ccccc3)cc(-c3ccccc3)c3c2-c2ccccc2CC3)cc1. The smallest absolute Gasteiger partial charge is 0.153 e. The highest BCUT2D eigenvalue weighted by molar-refractivity contribution is 6.30. The molecule has 0 radical (unpaired) electrons. The molecule has 0 unspecified atom stereocenters. The summed E-state index contributed by atoms with van der Waals surface area (Å²) in [6, 6.07) is 40.8. The van der Waals surface area contributed by atoms with Crippen LogP contribution in [0.4, 0.5) is 0 Å². The zero-order chi connectivity index (χ0) is 22.2. The Bertz CT molecular complexity index is 1440. The standard InChI is InChI=1S/C31H23ClN/c32-25-16-18-26(19-17-25)33-30(24-12-5-2-6-13-24)21-29(22-9-3-1-4-10-22)28-20-15-23-11-7-8-14-27(23)31(28)33/h1-14,16-19,21H,15,20H2/q+1. The number of nitrogens with zero attached hydrogens (tertiary/aromatic N) is 1. The van der Waals surface area contributed by atoms with Crippen LogP contribution in [0.3, 0.4) is 0 Å². The summed E-state index contributed by atoms with van der Waals surface area (Å²) in [6.07, 6.45) is 2.06.